The lowest BCUT2D eigenvalue weighted by atomic mass is 10.1. The number of anilines is 1. The van der Waals surface area contributed by atoms with Gasteiger partial charge in [-0.05, 0) is 87.6 Å². The lowest BCUT2D eigenvalue weighted by Gasteiger charge is -2.32. The monoisotopic (exact) mass is 553 g/mol. The third-order valence-electron chi connectivity index (χ3n) is 10.2. The van der Waals surface area contributed by atoms with Crippen molar-refractivity contribution in [1.82, 2.24) is 24.1 Å². The number of ether oxygens (including phenoxy) is 1. The molecular formula is C32H39N7O2. The van der Waals surface area contributed by atoms with Crippen LogP contribution in [0.2, 0.25) is 0 Å². The van der Waals surface area contributed by atoms with E-state index in [-0.39, 0.29) is 18.0 Å². The van der Waals surface area contributed by atoms with E-state index in [1.807, 2.05) is 34.9 Å². The van der Waals surface area contributed by atoms with E-state index in [9.17, 15) is 4.79 Å². The molecule has 9 heteroatoms. The van der Waals surface area contributed by atoms with Crippen LogP contribution in [0.4, 0.5) is 5.82 Å². The van der Waals surface area contributed by atoms with Crippen molar-refractivity contribution in [2.24, 2.45) is 17.6 Å². The van der Waals surface area contributed by atoms with Crippen molar-refractivity contribution in [3.05, 3.63) is 47.7 Å². The number of piperidine rings is 2. The van der Waals surface area contributed by atoms with E-state index in [1.54, 1.807) is 0 Å². The number of amides is 1. The number of methoxy groups -OCH3 is 1. The molecule has 6 heterocycles. The highest BCUT2D eigenvalue weighted by atomic mass is 16.5. The Balaban J connectivity index is 1.15. The first-order chi connectivity index (χ1) is 20.0. The van der Waals surface area contributed by atoms with Gasteiger partial charge in [-0.15, -0.1) is 0 Å². The van der Waals surface area contributed by atoms with Gasteiger partial charge in [0.05, 0.1) is 22.9 Å². The van der Waals surface area contributed by atoms with Crippen LogP contribution in [-0.4, -0.2) is 74.9 Å². The largest absolute Gasteiger partial charge is 0.381 e. The van der Waals surface area contributed by atoms with Crippen molar-refractivity contribution in [3.63, 3.8) is 0 Å². The van der Waals surface area contributed by atoms with Crippen LogP contribution in [0.25, 0.3) is 27.9 Å². The minimum Gasteiger partial charge on any atom is -0.381 e. The fourth-order valence-electron chi connectivity index (χ4n) is 7.54. The van der Waals surface area contributed by atoms with Gasteiger partial charge in [0.15, 0.2) is 0 Å². The fraction of sp³-hybridized carbons (Fsp3) is 0.531. The molecule has 2 unspecified atom stereocenters. The summed E-state index contributed by atoms with van der Waals surface area (Å²) in [5.41, 5.74) is 12.3. The van der Waals surface area contributed by atoms with Gasteiger partial charge in [-0.3, -0.25) is 4.79 Å². The summed E-state index contributed by atoms with van der Waals surface area (Å²) in [6.45, 7) is 5.79. The fourth-order valence-corrected chi connectivity index (χ4v) is 7.54. The van der Waals surface area contributed by atoms with Crippen LogP contribution in [0.5, 0.6) is 0 Å². The van der Waals surface area contributed by atoms with Crippen LogP contribution in [0, 0.1) is 18.8 Å². The average molecular weight is 554 g/mol. The van der Waals surface area contributed by atoms with E-state index in [2.05, 4.69) is 34.6 Å². The number of carbonyl (C=O) groups is 1. The highest BCUT2D eigenvalue weighted by Crippen LogP contribution is 2.39. The third kappa shape index (κ3) is 4.15. The first-order valence-electron chi connectivity index (χ1n) is 15.3. The molecule has 4 aliphatic rings. The number of fused-ring (bicyclic) bond motifs is 4. The number of hydrogen-bond acceptors (Lipinski definition) is 6. The van der Waals surface area contributed by atoms with E-state index >= 15 is 0 Å². The van der Waals surface area contributed by atoms with Gasteiger partial charge in [-0.1, -0.05) is 0 Å². The second-order valence-electron chi connectivity index (χ2n) is 12.7. The molecule has 2 N–H and O–H groups in total. The molecule has 0 aromatic carbocycles. The third-order valence-corrected chi connectivity index (χ3v) is 10.2. The van der Waals surface area contributed by atoms with Crippen molar-refractivity contribution in [1.29, 1.82) is 0 Å². The average Bonchev–Trinajstić information content (AvgIpc) is 3.41. The van der Waals surface area contributed by atoms with Crippen LogP contribution < -0.4 is 10.6 Å². The predicted octanol–water partition coefficient (Wildman–Crippen LogP) is 4.25. The van der Waals surface area contributed by atoms with Crippen LogP contribution in [-0.2, 0) is 11.3 Å². The summed E-state index contributed by atoms with van der Waals surface area (Å²) in [6, 6.07) is 10.9. The molecule has 1 amide bonds. The second kappa shape index (κ2) is 9.56. The molecule has 2 bridgehead atoms. The number of carbonyl (C=O) groups excluding carboxylic acids is 1. The molecule has 0 spiro atoms. The Bertz CT molecular complexity index is 1640. The van der Waals surface area contributed by atoms with Crippen LogP contribution in [0.3, 0.4) is 0 Å². The van der Waals surface area contributed by atoms with E-state index in [0.717, 1.165) is 91.2 Å². The predicted molar refractivity (Wildman–Crippen MR) is 159 cm³/mol. The summed E-state index contributed by atoms with van der Waals surface area (Å²) < 4.78 is 9.86. The van der Waals surface area contributed by atoms with Crippen LogP contribution in [0.1, 0.15) is 54.4 Å². The molecule has 3 atom stereocenters. The molecule has 0 radical (unpaired) electrons. The van der Waals surface area contributed by atoms with Gasteiger partial charge in [0, 0.05) is 62.5 Å². The zero-order valence-corrected chi connectivity index (χ0v) is 24.0. The smallest absolute Gasteiger partial charge is 0.255 e. The maximum Gasteiger partial charge on any atom is 0.255 e. The minimum atomic E-state index is 0.0679. The molecule has 2 aliphatic carbocycles. The van der Waals surface area contributed by atoms with E-state index in [0.29, 0.717) is 23.5 Å². The van der Waals surface area contributed by atoms with E-state index < -0.39 is 0 Å². The highest BCUT2D eigenvalue weighted by Gasteiger charge is 2.46. The summed E-state index contributed by atoms with van der Waals surface area (Å²) in [5, 5.41) is 6.22. The van der Waals surface area contributed by atoms with Crippen molar-refractivity contribution in [2.75, 3.05) is 31.6 Å². The Kier molecular flexibility index (Phi) is 5.90. The number of hydrogen-bond donors (Lipinski definition) is 1. The molecule has 2 saturated carbocycles. The molecule has 4 fully saturated rings. The number of nitrogens with zero attached hydrogens (tertiary/aromatic N) is 6. The molecule has 9 nitrogen and oxygen atoms in total. The van der Waals surface area contributed by atoms with Crippen molar-refractivity contribution >= 4 is 28.3 Å². The van der Waals surface area contributed by atoms with Crippen molar-refractivity contribution < 1.29 is 9.53 Å². The summed E-state index contributed by atoms with van der Waals surface area (Å²) in [5.74, 6) is 2.24. The number of aryl methyl sites for hydroxylation is 1. The number of rotatable bonds is 6. The van der Waals surface area contributed by atoms with Gasteiger partial charge >= 0.3 is 0 Å². The number of nitrogens with two attached hydrogens (primary N) is 1. The Morgan fingerprint density at radius 2 is 1.90 bits per heavy atom. The van der Waals surface area contributed by atoms with Gasteiger partial charge in [-0.2, -0.15) is 5.10 Å². The van der Waals surface area contributed by atoms with Gasteiger partial charge in [-0.25, -0.2) is 9.50 Å². The standard InChI is InChI=1S/C32H39N7O2/c1-19-25-8-6-23(32(40)38-17-22-5-9-26(38)29(22)33)18-39(25)35-30(19)27-15-21-7-10-28(36-13-11-24(41-2)12-14-36)34-31(21)37(27)16-20-3-4-20/h6-8,10,15,18,20,22,24,26,29H,3-5,9,11-14,16-17,33H2,1-2H3/t22?,26?,29-/m1/s1. The quantitative estimate of drug-likeness (QED) is 0.384. The van der Waals surface area contributed by atoms with Gasteiger partial charge in [0.25, 0.3) is 5.91 Å². The maximum atomic E-state index is 13.5. The van der Waals surface area contributed by atoms with E-state index in [4.69, 9.17) is 20.6 Å². The Morgan fingerprint density at radius 3 is 2.61 bits per heavy atom. The molecular weight excluding hydrogens is 514 g/mol. The Morgan fingerprint density at radius 1 is 1.07 bits per heavy atom. The lowest BCUT2D eigenvalue weighted by Crippen LogP contribution is -2.41. The first-order valence-corrected chi connectivity index (χ1v) is 15.3. The number of aromatic nitrogens is 4. The first kappa shape index (κ1) is 25.3. The minimum absolute atomic E-state index is 0.0679. The van der Waals surface area contributed by atoms with Gasteiger partial charge in [0.1, 0.15) is 17.2 Å². The van der Waals surface area contributed by atoms with Crippen molar-refractivity contribution in [3.8, 4) is 11.4 Å². The molecule has 4 aromatic heterocycles. The molecule has 214 valence electrons. The number of likely N-dealkylation sites (tertiary alicyclic amines) is 1. The van der Waals surface area contributed by atoms with Crippen LogP contribution >= 0.6 is 0 Å². The molecule has 2 saturated heterocycles. The second-order valence-corrected chi connectivity index (χ2v) is 12.7. The SMILES string of the molecule is COC1CCN(c2ccc3cc(-c4nn5cc(C(=O)N6CC7CCC6[C@@H]7N)ccc5c4C)n(CC4CC4)c3n2)CC1. The molecule has 2 aliphatic heterocycles. The van der Waals surface area contributed by atoms with Crippen LogP contribution in [0.15, 0.2) is 36.5 Å². The summed E-state index contributed by atoms with van der Waals surface area (Å²) in [6.07, 6.45) is 8.98. The van der Waals surface area contributed by atoms with E-state index in [1.165, 1.54) is 12.8 Å². The normalized spacial score (nSPS) is 24.8. The summed E-state index contributed by atoms with van der Waals surface area (Å²) >= 11 is 0. The van der Waals surface area contributed by atoms with Crippen molar-refractivity contribution in [2.45, 2.75) is 70.2 Å². The lowest BCUT2D eigenvalue weighted by molar-refractivity contribution is 0.0700. The molecule has 8 rings (SSSR count). The van der Waals surface area contributed by atoms with Gasteiger partial charge < -0.3 is 24.8 Å². The molecule has 4 aromatic rings. The zero-order valence-electron chi connectivity index (χ0n) is 24.0. The topological polar surface area (TPSA) is 93.9 Å². The Hall–Kier alpha value is -3.43. The summed E-state index contributed by atoms with van der Waals surface area (Å²) in [7, 11) is 1.81. The Labute approximate surface area is 240 Å². The maximum absolute atomic E-state index is 13.5. The zero-order chi connectivity index (χ0) is 27.8. The van der Waals surface area contributed by atoms with Gasteiger partial charge in [0.2, 0.25) is 0 Å². The molecule has 41 heavy (non-hydrogen) atoms. The highest BCUT2D eigenvalue weighted by molar-refractivity contribution is 5.95. The summed E-state index contributed by atoms with van der Waals surface area (Å²) in [4.78, 5) is 23.1. The number of pyridine rings is 2.